The molecular weight excluding hydrogens is 208 g/mol. The van der Waals surface area contributed by atoms with Gasteiger partial charge in [-0.1, -0.05) is 18.2 Å². The number of esters is 1. The normalized spacial score (nSPS) is 11.1. The van der Waals surface area contributed by atoms with Crippen molar-refractivity contribution in [1.82, 2.24) is 0 Å². The molecule has 16 heavy (non-hydrogen) atoms. The van der Waals surface area contributed by atoms with Gasteiger partial charge in [0.05, 0.1) is 7.11 Å². The van der Waals surface area contributed by atoms with Crippen LogP contribution in [-0.4, -0.2) is 23.3 Å². The maximum atomic E-state index is 10.7. The Morgan fingerprint density at radius 3 is 2.38 bits per heavy atom. The third-order valence-corrected chi connectivity index (χ3v) is 1.76. The summed E-state index contributed by atoms with van der Waals surface area (Å²) in [5, 5.41) is 18.4. The maximum absolute atomic E-state index is 10.7. The van der Waals surface area contributed by atoms with Gasteiger partial charge in [-0.05, 0) is 17.7 Å². The van der Waals surface area contributed by atoms with Gasteiger partial charge in [-0.3, -0.25) is 0 Å². The van der Waals surface area contributed by atoms with Crippen LogP contribution in [0.2, 0.25) is 0 Å². The van der Waals surface area contributed by atoms with Crippen LogP contribution in [-0.2, 0) is 9.53 Å². The molecule has 0 heterocycles. The Bertz CT molecular complexity index is 412. The highest BCUT2D eigenvalue weighted by Gasteiger charge is 1.94. The summed E-state index contributed by atoms with van der Waals surface area (Å²) in [6.07, 6.45) is 6.01. The second-order valence-corrected chi connectivity index (χ2v) is 3.02. The van der Waals surface area contributed by atoms with Crippen LogP contribution >= 0.6 is 0 Å². The van der Waals surface area contributed by atoms with Crippen molar-refractivity contribution < 1.29 is 19.7 Å². The number of hydrogen-bond donors (Lipinski definition) is 2. The number of benzene rings is 1. The first-order chi connectivity index (χ1) is 7.61. The molecule has 0 fully saturated rings. The van der Waals surface area contributed by atoms with Crippen molar-refractivity contribution in [2.24, 2.45) is 0 Å². The molecule has 0 saturated heterocycles. The highest BCUT2D eigenvalue weighted by molar-refractivity contribution is 5.82. The van der Waals surface area contributed by atoms with Crippen LogP contribution in [0.15, 0.2) is 36.4 Å². The van der Waals surface area contributed by atoms with E-state index in [2.05, 4.69) is 4.74 Å². The minimum absolute atomic E-state index is 0.0170. The fourth-order valence-corrected chi connectivity index (χ4v) is 1.08. The first-order valence-electron chi connectivity index (χ1n) is 4.57. The first-order valence-corrected chi connectivity index (χ1v) is 4.57. The topological polar surface area (TPSA) is 66.8 Å². The van der Waals surface area contributed by atoms with Gasteiger partial charge in [0, 0.05) is 12.1 Å². The molecule has 0 radical (unpaired) electrons. The smallest absolute Gasteiger partial charge is 0.330 e. The summed E-state index contributed by atoms with van der Waals surface area (Å²) in [7, 11) is 1.30. The second-order valence-electron chi connectivity index (χ2n) is 3.02. The lowest BCUT2D eigenvalue weighted by Gasteiger charge is -1.97. The number of phenols is 2. The Labute approximate surface area is 93.1 Å². The van der Waals surface area contributed by atoms with Gasteiger partial charge in [-0.2, -0.15) is 0 Å². The third-order valence-electron chi connectivity index (χ3n) is 1.76. The number of rotatable bonds is 3. The summed E-state index contributed by atoms with van der Waals surface area (Å²) in [5.74, 6) is -0.475. The fraction of sp³-hybridized carbons (Fsp3) is 0.0833. The van der Waals surface area contributed by atoms with Gasteiger partial charge < -0.3 is 14.9 Å². The predicted octanol–water partition coefficient (Wildman–Crippen LogP) is 1.84. The van der Waals surface area contributed by atoms with Crippen LogP contribution in [0.25, 0.3) is 6.08 Å². The summed E-state index contributed by atoms with van der Waals surface area (Å²) in [6, 6.07) is 4.21. The first kappa shape index (κ1) is 11.8. The molecule has 0 spiro atoms. The molecule has 0 aliphatic heterocycles. The fourth-order valence-electron chi connectivity index (χ4n) is 1.08. The summed E-state index contributed by atoms with van der Waals surface area (Å²) in [4.78, 5) is 10.7. The Morgan fingerprint density at radius 2 is 1.81 bits per heavy atom. The van der Waals surface area contributed by atoms with Crippen LogP contribution in [0, 0.1) is 0 Å². The van der Waals surface area contributed by atoms with E-state index in [0.29, 0.717) is 5.56 Å². The van der Waals surface area contributed by atoms with E-state index in [9.17, 15) is 15.0 Å². The highest BCUT2D eigenvalue weighted by atomic mass is 16.5. The Kier molecular flexibility index (Phi) is 4.15. The molecule has 1 aromatic rings. The van der Waals surface area contributed by atoms with Crippen LogP contribution in [0.4, 0.5) is 0 Å². The number of methoxy groups -OCH3 is 1. The summed E-state index contributed by atoms with van der Waals surface area (Å²) in [6.45, 7) is 0. The van der Waals surface area contributed by atoms with E-state index in [0.717, 1.165) is 0 Å². The summed E-state index contributed by atoms with van der Waals surface area (Å²) >= 11 is 0. The van der Waals surface area contributed by atoms with Gasteiger partial charge in [-0.15, -0.1) is 0 Å². The van der Waals surface area contributed by atoms with E-state index < -0.39 is 5.97 Å². The van der Waals surface area contributed by atoms with E-state index in [1.54, 1.807) is 12.2 Å². The predicted molar refractivity (Wildman–Crippen MR) is 60.0 cm³/mol. The van der Waals surface area contributed by atoms with Gasteiger partial charge in [0.1, 0.15) is 11.5 Å². The third kappa shape index (κ3) is 3.88. The molecule has 0 unspecified atom stereocenters. The zero-order chi connectivity index (χ0) is 12.0. The number of ether oxygens (including phenoxy) is 1. The van der Waals surface area contributed by atoms with E-state index in [1.165, 1.54) is 37.5 Å². The van der Waals surface area contributed by atoms with Crippen molar-refractivity contribution in [3.63, 3.8) is 0 Å². The number of carbonyl (C=O) groups excluding carboxylic acids is 1. The van der Waals surface area contributed by atoms with Crippen LogP contribution in [0.3, 0.4) is 0 Å². The molecular formula is C12H12O4. The molecule has 0 aliphatic rings. The quantitative estimate of drug-likeness (QED) is 0.463. The van der Waals surface area contributed by atoms with Crippen molar-refractivity contribution in [2.75, 3.05) is 7.11 Å². The van der Waals surface area contributed by atoms with Crippen LogP contribution < -0.4 is 0 Å². The number of allylic oxidation sites excluding steroid dienone is 2. The van der Waals surface area contributed by atoms with Gasteiger partial charge in [0.25, 0.3) is 0 Å². The molecule has 4 nitrogen and oxygen atoms in total. The highest BCUT2D eigenvalue weighted by Crippen LogP contribution is 2.21. The number of hydrogen-bond acceptors (Lipinski definition) is 4. The van der Waals surface area contributed by atoms with Gasteiger partial charge in [-0.25, -0.2) is 4.79 Å². The zero-order valence-corrected chi connectivity index (χ0v) is 8.75. The molecule has 0 bridgehead atoms. The lowest BCUT2D eigenvalue weighted by Crippen LogP contribution is -1.92. The van der Waals surface area contributed by atoms with Crippen molar-refractivity contribution in [2.45, 2.75) is 0 Å². The molecule has 84 valence electrons. The molecule has 0 atom stereocenters. The molecule has 1 rings (SSSR count). The molecule has 0 aliphatic carbocycles. The number of carbonyl (C=O) groups is 1. The molecule has 4 heteroatoms. The van der Waals surface area contributed by atoms with E-state index in [1.807, 2.05) is 0 Å². The van der Waals surface area contributed by atoms with Crippen molar-refractivity contribution >= 4 is 12.0 Å². The molecule has 1 aromatic carbocycles. The standard InChI is InChI=1S/C12H12O4/c1-16-12(15)5-3-2-4-9-6-10(13)8-11(14)7-9/h2-8,13-14H,1H3/b4-2+,5-3+. The maximum Gasteiger partial charge on any atom is 0.330 e. The number of aromatic hydroxyl groups is 2. The minimum Gasteiger partial charge on any atom is -0.508 e. The Morgan fingerprint density at radius 1 is 1.19 bits per heavy atom. The van der Waals surface area contributed by atoms with Gasteiger partial charge in [0.15, 0.2) is 0 Å². The largest absolute Gasteiger partial charge is 0.508 e. The zero-order valence-electron chi connectivity index (χ0n) is 8.75. The molecule has 0 saturated carbocycles. The minimum atomic E-state index is -0.441. The summed E-state index contributed by atoms with van der Waals surface area (Å²) < 4.78 is 4.40. The van der Waals surface area contributed by atoms with E-state index >= 15 is 0 Å². The number of phenolic OH excluding ortho intramolecular Hbond substituents is 2. The summed E-state index contributed by atoms with van der Waals surface area (Å²) in [5.41, 5.74) is 0.631. The second kappa shape index (κ2) is 5.60. The van der Waals surface area contributed by atoms with Crippen LogP contribution in [0.5, 0.6) is 11.5 Å². The van der Waals surface area contributed by atoms with Crippen LogP contribution in [0.1, 0.15) is 5.56 Å². The Balaban J connectivity index is 2.69. The van der Waals surface area contributed by atoms with Gasteiger partial charge in [0.2, 0.25) is 0 Å². The van der Waals surface area contributed by atoms with Crippen molar-refractivity contribution in [1.29, 1.82) is 0 Å². The van der Waals surface area contributed by atoms with Crippen molar-refractivity contribution in [3.8, 4) is 11.5 Å². The Hall–Kier alpha value is -2.23. The molecule has 0 aromatic heterocycles. The SMILES string of the molecule is COC(=O)/C=C/C=C/c1cc(O)cc(O)c1. The molecule has 2 N–H and O–H groups in total. The van der Waals surface area contributed by atoms with E-state index in [4.69, 9.17) is 0 Å². The van der Waals surface area contributed by atoms with Gasteiger partial charge >= 0.3 is 5.97 Å². The lowest BCUT2D eigenvalue weighted by atomic mass is 10.2. The van der Waals surface area contributed by atoms with E-state index in [-0.39, 0.29) is 11.5 Å². The average Bonchev–Trinajstić information content (AvgIpc) is 2.22. The average molecular weight is 220 g/mol. The molecule has 0 amide bonds. The monoisotopic (exact) mass is 220 g/mol. The lowest BCUT2D eigenvalue weighted by molar-refractivity contribution is -0.134. The van der Waals surface area contributed by atoms with Crippen molar-refractivity contribution in [3.05, 3.63) is 42.0 Å².